The lowest BCUT2D eigenvalue weighted by Gasteiger charge is -2.23. The highest BCUT2D eigenvalue weighted by Gasteiger charge is 2.30. The summed E-state index contributed by atoms with van der Waals surface area (Å²) < 4.78 is 5.53. The minimum Gasteiger partial charge on any atom is -0.337 e. The quantitative estimate of drug-likeness (QED) is 0.935. The third kappa shape index (κ3) is 2.72. The van der Waals surface area contributed by atoms with Crippen LogP contribution in [0, 0.1) is 0 Å². The van der Waals surface area contributed by atoms with E-state index in [1.54, 1.807) is 0 Å². The molecule has 0 bridgehead atoms. The van der Waals surface area contributed by atoms with Crippen LogP contribution in [0.4, 0.5) is 0 Å². The molecule has 1 aromatic carbocycles. The van der Waals surface area contributed by atoms with Crippen LogP contribution in [0.3, 0.4) is 0 Å². The number of nitrogens with zero attached hydrogens (tertiary/aromatic N) is 2. The molecule has 0 saturated carbocycles. The molecule has 1 aliphatic carbocycles. The largest absolute Gasteiger partial charge is 0.337 e. The van der Waals surface area contributed by atoms with Crippen LogP contribution >= 0.6 is 0 Å². The van der Waals surface area contributed by atoms with Crippen LogP contribution in [0.2, 0.25) is 0 Å². The minimum atomic E-state index is -0.284. The van der Waals surface area contributed by atoms with Crippen molar-refractivity contribution in [2.45, 2.75) is 51.5 Å². The third-order valence-corrected chi connectivity index (χ3v) is 4.28. The first-order chi connectivity index (χ1) is 10.1. The summed E-state index contributed by atoms with van der Waals surface area (Å²) in [4.78, 5) is 4.68. The molecule has 1 aromatic heterocycles. The molecule has 1 aliphatic rings. The van der Waals surface area contributed by atoms with Gasteiger partial charge in [0.05, 0.1) is 5.54 Å². The number of fused-ring (bicyclic) bond motifs is 1. The molecule has 21 heavy (non-hydrogen) atoms. The molecular weight excluding hydrogens is 262 g/mol. The first-order valence-corrected chi connectivity index (χ1v) is 7.78. The van der Waals surface area contributed by atoms with Crippen LogP contribution in [0.25, 0.3) is 0 Å². The van der Waals surface area contributed by atoms with Crippen LogP contribution in [0.1, 0.15) is 62.4 Å². The van der Waals surface area contributed by atoms with Gasteiger partial charge in [-0.25, -0.2) is 0 Å². The van der Waals surface area contributed by atoms with E-state index >= 15 is 0 Å². The van der Waals surface area contributed by atoms with Gasteiger partial charge in [-0.2, -0.15) is 4.98 Å². The highest BCUT2D eigenvalue weighted by Crippen LogP contribution is 2.35. The average molecular weight is 285 g/mol. The summed E-state index contributed by atoms with van der Waals surface area (Å²) in [5, 5.41) is 7.64. The fraction of sp³-hybridized carbons (Fsp3) is 0.529. The van der Waals surface area contributed by atoms with E-state index in [1.165, 1.54) is 17.5 Å². The second-order valence-electron chi connectivity index (χ2n) is 6.26. The van der Waals surface area contributed by atoms with Crippen molar-refractivity contribution in [2.75, 3.05) is 6.54 Å². The van der Waals surface area contributed by atoms with Crippen molar-refractivity contribution in [1.29, 1.82) is 0 Å². The number of benzene rings is 1. The summed E-state index contributed by atoms with van der Waals surface area (Å²) in [6.45, 7) is 7.10. The molecule has 1 heterocycles. The molecule has 0 fully saturated rings. The van der Waals surface area contributed by atoms with Gasteiger partial charge in [0.2, 0.25) is 5.89 Å². The molecule has 2 aromatic rings. The van der Waals surface area contributed by atoms with Crippen LogP contribution < -0.4 is 5.32 Å². The highest BCUT2D eigenvalue weighted by atomic mass is 16.5. The van der Waals surface area contributed by atoms with Gasteiger partial charge in [-0.05, 0) is 50.8 Å². The molecule has 112 valence electrons. The Morgan fingerprint density at radius 3 is 2.95 bits per heavy atom. The Bertz CT molecular complexity index is 618. The monoisotopic (exact) mass is 285 g/mol. The summed E-state index contributed by atoms with van der Waals surface area (Å²) in [5.41, 5.74) is 2.50. The van der Waals surface area contributed by atoms with Crippen molar-refractivity contribution in [3.63, 3.8) is 0 Å². The Morgan fingerprint density at radius 2 is 2.14 bits per heavy atom. The zero-order valence-electron chi connectivity index (χ0n) is 13.0. The minimum absolute atomic E-state index is 0.268. The van der Waals surface area contributed by atoms with Crippen LogP contribution in [0.15, 0.2) is 28.8 Å². The Kier molecular flexibility index (Phi) is 3.81. The number of hydrogen-bond acceptors (Lipinski definition) is 4. The molecule has 0 radical (unpaired) electrons. The Hall–Kier alpha value is -1.68. The first-order valence-electron chi connectivity index (χ1n) is 7.78. The van der Waals surface area contributed by atoms with Crippen molar-refractivity contribution in [2.24, 2.45) is 0 Å². The van der Waals surface area contributed by atoms with Crippen LogP contribution in [-0.2, 0) is 12.0 Å². The summed E-state index contributed by atoms with van der Waals surface area (Å²) in [5.74, 6) is 1.76. The molecule has 4 nitrogen and oxygen atoms in total. The summed E-state index contributed by atoms with van der Waals surface area (Å²) in [6, 6.07) is 8.62. The average Bonchev–Trinajstić information content (AvgIpc) is 2.97. The van der Waals surface area contributed by atoms with Gasteiger partial charge >= 0.3 is 0 Å². The van der Waals surface area contributed by atoms with Gasteiger partial charge in [0, 0.05) is 5.92 Å². The van der Waals surface area contributed by atoms with E-state index in [-0.39, 0.29) is 11.5 Å². The molecular formula is C17H23N3O. The molecule has 1 N–H and O–H groups in total. The predicted molar refractivity (Wildman–Crippen MR) is 82.2 cm³/mol. The SMILES string of the molecule is CCNC(C)(C)c1nc(C2CCCc3ccccc32)no1. The molecule has 3 rings (SSSR count). The third-order valence-electron chi connectivity index (χ3n) is 4.28. The van der Waals surface area contributed by atoms with Gasteiger partial charge in [0.1, 0.15) is 0 Å². The fourth-order valence-corrected chi connectivity index (χ4v) is 3.17. The lowest BCUT2D eigenvalue weighted by Crippen LogP contribution is -2.36. The summed E-state index contributed by atoms with van der Waals surface area (Å²) >= 11 is 0. The summed E-state index contributed by atoms with van der Waals surface area (Å²) in [7, 11) is 0. The molecule has 0 spiro atoms. The van der Waals surface area contributed by atoms with E-state index in [2.05, 4.69) is 60.5 Å². The maximum Gasteiger partial charge on any atom is 0.246 e. The van der Waals surface area contributed by atoms with Crippen molar-refractivity contribution in [3.8, 4) is 0 Å². The molecule has 0 saturated heterocycles. The van der Waals surface area contributed by atoms with E-state index in [0.29, 0.717) is 5.89 Å². The maximum atomic E-state index is 5.53. The fourth-order valence-electron chi connectivity index (χ4n) is 3.17. The second-order valence-corrected chi connectivity index (χ2v) is 6.26. The molecule has 1 atom stereocenters. The molecule has 4 heteroatoms. The number of nitrogens with one attached hydrogen (secondary N) is 1. The normalized spacial score (nSPS) is 18.5. The van der Waals surface area contributed by atoms with E-state index in [9.17, 15) is 0 Å². The van der Waals surface area contributed by atoms with E-state index in [4.69, 9.17) is 4.52 Å². The van der Waals surface area contributed by atoms with Crippen LogP contribution in [0.5, 0.6) is 0 Å². The first kappa shape index (κ1) is 14.3. The second kappa shape index (κ2) is 5.60. The van der Waals surface area contributed by atoms with Crippen molar-refractivity contribution in [1.82, 2.24) is 15.5 Å². The van der Waals surface area contributed by atoms with Gasteiger partial charge in [-0.1, -0.05) is 36.3 Å². The zero-order valence-corrected chi connectivity index (χ0v) is 13.0. The number of aryl methyl sites for hydroxylation is 1. The number of hydrogen-bond donors (Lipinski definition) is 1. The van der Waals surface area contributed by atoms with E-state index in [1.807, 2.05) is 0 Å². The van der Waals surface area contributed by atoms with Gasteiger partial charge in [-0.15, -0.1) is 0 Å². The lowest BCUT2D eigenvalue weighted by atomic mass is 9.82. The van der Waals surface area contributed by atoms with Crippen LogP contribution in [-0.4, -0.2) is 16.7 Å². The smallest absolute Gasteiger partial charge is 0.246 e. The number of aromatic nitrogens is 2. The predicted octanol–water partition coefficient (Wildman–Crippen LogP) is 3.38. The zero-order chi connectivity index (χ0) is 14.9. The van der Waals surface area contributed by atoms with Crippen molar-refractivity contribution in [3.05, 3.63) is 47.1 Å². The molecule has 1 unspecified atom stereocenters. The van der Waals surface area contributed by atoms with E-state index in [0.717, 1.165) is 25.2 Å². The van der Waals surface area contributed by atoms with Gasteiger partial charge < -0.3 is 9.84 Å². The van der Waals surface area contributed by atoms with E-state index < -0.39 is 0 Å². The topological polar surface area (TPSA) is 51.0 Å². The van der Waals surface area contributed by atoms with Crippen molar-refractivity contribution < 1.29 is 4.52 Å². The van der Waals surface area contributed by atoms with Gasteiger partial charge in [-0.3, -0.25) is 0 Å². The summed E-state index contributed by atoms with van der Waals surface area (Å²) in [6.07, 6.45) is 3.43. The van der Waals surface area contributed by atoms with Crippen molar-refractivity contribution >= 4 is 0 Å². The number of rotatable bonds is 4. The standard InChI is InChI=1S/C17H23N3O/c1-4-18-17(2,3)16-19-15(20-21-16)14-11-7-9-12-8-5-6-10-13(12)14/h5-6,8,10,14,18H,4,7,9,11H2,1-3H3. The molecule has 0 amide bonds. The lowest BCUT2D eigenvalue weighted by molar-refractivity contribution is 0.270. The maximum absolute atomic E-state index is 5.53. The van der Waals surface area contributed by atoms with Gasteiger partial charge in [0.25, 0.3) is 0 Å². The van der Waals surface area contributed by atoms with Gasteiger partial charge in [0.15, 0.2) is 5.82 Å². The Balaban J connectivity index is 1.91. The molecule has 0 aliphatic heterocycles. The Labute approximate surface area is 126 Å². The Morgan fingerprint density at radius 1 is 1.33 bits per heavy atom. The highest BCUT2D eigenvalue weighted by molar-refractivity contribution is 5.36.